The fourth-order valence-electron chi connectivity index (χ4n) is 2.54. The van der Waals surface area contributed by atoms with Crippen LogP contribution in [0.25, 0.3) is 10.8 Å². The number of fused-ring (bicyclic) bond motifs is 1. The molecule has 0 aliphatic heterocycles. The number of methoxy groups -OCH3 is 1. The zero-order valence-electron chi connectivity index (χ0n) is 13.6. The number of rotatable bonds is 4. The lowest BCUT2D eigenvalue weighted by Gasteiger charge is -2.14. The van der Waals surface area contributed by atoms with Crippen LogP contribution in [0.3, 0.4) is 0 Å². The Hall–Kier alpha value is -2.67. The van der Waals surface area contributed by atoms with E-state index in [1.54, 1.807) is 32.0 Å². The van der Waals surface area contributed by atoms with Crippen LogP contribution in [0.5, 0.6) is 6.01 Å². The van der Waals surface area contributed by atoms with Crippen molar-refractivity contribution in [3.05, 3.63) is 53.9 Å². The lowest BCUT2D eigenvalue weighted by Crippen LogP contribution is -2.16. The average Bonchev–Trinajstić information content (AvgIpc) is 2.57. The normalized spacial score (nSPS) is 11.5. The molecule has 1 N–H and O–H groups in total. The van der Waals surface area contributed by atoms with E-state index in [1.807, 2.05) is 24.3 Å². The summed E-state index contributed by atoms with van der Waals surface area (Å²) in [5.41, 5.74) is 1.37. The summed E-state index contributed by atoms with van der Waals surface area (Å²) in [6, 6.07) is 12.7. The number of anilines is 1. The third-order valence-electron chi connectivity index (χ3n) is 3.71. The second-order valence-electron chi connectivity index (χ2n) is 5.34. The summed E-state index contributed by atoms with van der Waals surface area (Å²) < 4.78 is 33.4. The van der Waals surface area contributed by atoms with Crippen LogP contribution in [0, 0.1) is 13.8 Å². The molecule has 0 bridgehead atoms. The molecule has 0 saturated carbocycles. The van der Waals surface area contributed by atoms with Crippen LogP contribution in [-0.4, -0.2) is 25.5 Å². The van der Waals surface area contributed by atoms with Gasteiger partial charge in [0.1, 0.15) is 0 Å². The maximum atomic E-state index is 12.9. The van der Waals surface area contributed by atoms with Crippen molar-refractivity contribution in [3.8, 4) is 6.01 Å². The van der Waals surface area contributed by atoms with Crippen LogP contribution in [0.1, 0.15) is 11.4 Å². The molecule has 6 nitrogen and oxygen atoms in total. The van der Waals surface area contributed by atoms with E-state index in [-0.39, 0.29) is 10.9 Å². The molecule has 3 rings (SSSR count). The topological polar surface area (TPSA) is 81.2 Å². The number of nitrogens with one attached hydrogen (secondary N) is 1. The van der Waals surface area contributed by atoms with Gasteiger partial charge in [-0.25, -0.2) is 8.42 Å². The van der Waals surface area contributed by atoms with Crippen LogP contribution >= 0.6 is 0 Å². The standard InChI is InChI=1S/C17H17N3O3S/c1-11-16(12(2)19-17(18-11)23-3)20-24(21,22)15-10-6-8-13-7-4-5-9-14(13)15/h4-10,20H,1-3H3. The van der Waals surface area contributed by atoms with Gasteiger partial charge in [0.15, 0.2) is 0 Å². The Kier molecular flexibility index (Phi) is 4.11. The maximum absolute atomic E-state index is 12.9. The first-order valence-corrected chi connectivity index (χ1v) is 8.80. The van der Waals surface area contributed by atoms with Gasteiger partial charge in [-0.3, -0.25) is 4.72 Å². The van der Waals surface area contributed by atoms with E-state index in [0.29, 0.717) is 22.5 Å². The molecule has 0 unspecified atom stereocenters. The number of nitrogens with zero attached hydrogens (tertiary/aromatic N) is 2. The Balaban J connectivity index is 2.09. The molecule has 0 aliphatic carbocycles. The highest BCUT2D eigenvalue weighted by Crippen LogP contribution is 2.27. The molecular weight excluding hydrogens is 326 g/mol. The van der Waals surface area contributed by atoms with Gasteiger partial charge < -0.3 is 4.74 Å². The summed E-state index contributed by atoms with van der Waals surface area (Å²) >= 11 is 0. The summed E-state index contributed by atoms with van der Waals surface area (Å²) in [5, 5.41) is 1.53. The average molecular weight is 343 g/mol. The third kappa shape index (κ3) is 2.90. The van der Waals surface area contributed by atoms with Crippen LogP contribution in [0.4, 0.5) is 5.69 Å². The minimum absolute atomic E-state index is 0.207. The quantitative estimate of drug-likeness (QED) is 0.787. The predicted octanol–water partition coefficient (Wildman–Crippen LogP) is 3.06. The van der Waals surface area contributed by atoms with Crippen molar-refractivity contribution in [2.45, 2.75) is 18.7 Å². The Morgan fingerprint density at radius 1 is 0.958 bits per heavy atom. The van der Waals surface area contributed by atoms with Gasteiger partial charge in [0.05, 0.1) is 29.1 Å². The van der Waals surface area contributed by atoms with Crippen molar-refractivity contribution in [3.63, 3.8) is 0 Å². The Morgan fingerprint density at radius 2 is 1.58 bits per heavy atom. The van der Waals surface area contributed by atoms with E-state index in [4.69, 9.17) is 4.74 Å². The van der Waals surface area contributed by atoms with E-state index in [0.717, 1.165) is 5.39 Å². The van der Waals surface area contributed by atoms with Crippen LogP contribution in [0.2, 0.25) is 0 Å². The smallest absolute Gasteiger partial charge is 0.316 e. The van der Waals surface area contributed by atoms with Crippen molar-refractivity contribution in [2.24, 2.45) is 0 Å². The Morgan fingerprint density at radius 3 is 2.25 bits per heavy atom. The summed E-state index contributed by atoms with van der Waals surface area (Å²) in [6.45, 7) is 3.41. The number of aryl methyl sites for hydroxylation is 2. The molecule has 1 heterocycles. The number of ether oxygens (including phenoxy) is 1. The highest BCUT2D eigenvalue weighted by atomic mass is 32.2. The molecule has 0 atom stereocenters. The highest BCUT2D eigenvalue weighted by molar-refractivity contribution is 7.93. The minimum Gasteiger partial charge on any atom is -0.467 e. The van der Waals surface area contributed by atoms with E-state index in [9.17, 15) is 8.42 Å². The number of sulfonamides is 1. The number of benzene rings is 2. The van der Waals surface area contributed by atoms with Gasteiger partial charge in [-0.2, -0.15) is 9.97 Å². The SMILES string of the molecule is COc1nc(C)c(NS(=O)(=O)c2cccc3ccccc23)c(C)n1. The molecule has 24 heavy (non-hydrogen) atoms. The monoisotopic (exact) mass is 343 g/mol. The van der Waals surface area contributed by atoms with Gasteiger partial charge in [-0.15, -0.1) is 0 Å². The first-order chi connectivity index (χ1) is 11.4. The fraction of sp³-hybridized carbons (Fsp3) is 0.176. The largest absolute Gasteiger partial charge is 0.467 e. The summed E-state index contributed by atoms with van der Waals surface area (Å²) in [5.74, 6) is 0. The molecule has 0 amide bonds. The first kappa shape index (κ1) is 16.2. The summed E-state index contributed by atoms with van der Waals surface area (Å²) in [4.78, 5) is 8.48. The van der Waals surface area contributed by atoms with Gasteiger partial charge in [0, 0.05) is 5.39 Å². The third-order valence-corrected chi connectivity index (χ3v) is 5.12. The number of aromatic nitrogens is 2. The molecule has 0 aliphatic rings. The predicted molar refractivity (Wildman–Crippen MR) is 92.8 cm³/mol. The fourth-order valence-corrected chi connectivity index (χ4v) is 3.95. The van der Waals surface area contributed by atoms with Gasteiger partial charge >= 0.3 is 6.01 Å². The molecular formula is C17H17N3O3S. The molecule has 7 heteroatoms. The molecule has 124 valence electrons. The van der Waals surface area contributed by atoms with E-state index in [1.165, 1.54) is 7.11 Å². The van der Waals surface area contributed by atoms with Crippen molar-refractivity contribution in [1.82, 2.24) is 9.97 Å². The van der Waals surface area contributed by atoms with Gasteiger partial charge in [-0.1, -0.05) is 36.4 Å². The lowest BCUT2D eigenvalue weighted by atomic mass is 10.1. The molecule has 2 aromatic carbocycles. The van der Waals surface area contributed by atoms with Gasteiger partial charge in [0.25, 0.3) is 10.0 Å². The number of hydrogen-bond donors (Lipinski definition) is 1. The van der Waals surface area contributed by atoms with Crippen molar-refractivity contribution < 1.29 is 13.2 Å². The zero-order valence-corrected chi connectivity index (χ0v) is 14.4. The summed E-state index contributed by atoms with van der Waals surface area (Å²) in [7, 11) is -2.31. The zero-order chi connectivity index (χ0) is 17.3. The van der Waals surface area contributed by atoms with Crippen molar-refractivity contribution >= 4 is 26.5 Å². The second-order valence-corrected chi connectivity index (χ2v) is 6.99. The summed E-state index contributed by atoms with van der Waals surface area (Å²) in [6.07, 6.45) is 0. The molecule has 0 spiro atoms. The van der Waals surface area contributed by atoms with Gasteiger partial charge in [-0.05, 0) is 25.3 Å². The van der Waals surface area contributed by atoms with Crippen molar-refractivity contribution in [1.29, 1.82) is 0 Å². The highest BCUT2D eigenvalue weighted by Gasteiger charge is 2.20. The van der Waals surface area contributed by atoms with Crippen LogP contribution < -0.4 is 9.46 Å². The van der Waals surface area contributed by atoms with E-state index < -0.39 is 10.0 Å². The molecule has 0 fully saturated rings. The molecule has 0 radical (unpaired) electrons. The van der Waals surface area contributed by atoms with Crippen LogP contribution in [0.15, 0.2) is 47.4 Å². The molecule has 0 saturated heterocycles. The van der Waals surface area contributed by atoms with E-state index in [2.05, 4.69) is 14.7 Å². The Labute approximate surface area is 140 Å². The van der Waals surface area contributed by atoms with Crippen molar-refractivity contribution in [2.75, 3.05) is 11.8 Å². The number of hydrogen-bond acceptors (Lipinski definition) is 5. The van der Waals surface area contributed by atoms with E-state index >= 15 is 0 Å². The van der Waals surface area contributed by atoms with Crippen LogP contribution in [-0.2, 0) is 10.0 Å². The minimum atomic E-state index is -3.78. The Bertz CT molecular complexity index is 988. The van der Waals surface area contributed by atoms with Gasteiger partial charge in [0.2, 0.25) is 0 Å². The lowest BCUT2D eigenvalue weighted by molar-refractivity contribution is 0.378. The maximum Gasteiger partial charge on any atom is 0.316 e. The first-order valence-electron chi connectivity index (χ1n) is 7.32. The molecule has 3 aromatic rings. The molecule has 1 aromatic heterocycles. The second kappa shape index (κ2) is 6.09.